The zero-order valence-corrected chi connectivity index (χ0v) is 14.1. The Bertz CT molecular complexity index is 580. The number of thioether (sulfide) groups is 1. The van der Waals surface area contributed by atoms with Crippen LogP contribution < -0.4 is 4.74 Å². The molecule has 0 saturated heterocycles. The first-order valence-electron chi connectivity index (χ1n) is 6.04. The van der Waals surface area contributed by atoms with Crippen LogP contribution in [0, 0.1) is 0 Å². The second kappa shape index (κ2) is 5.90. The maximum Gasteiger partial charge on any atom is 0.147 e. The van der Waals surface area contributed by atoms with Gasteiger partial charge >= 0.3 is 0 Å². The molecule has 0 aromatic heterocycles. The Morgan fingerprint density at radius 2 is 1.79 bits per heavy atom. The fourth-order valence-corrected chi connectivity index (χ4v) is 4.63. The van der Waals surface area contributed by atoms with Crippen molar-refractivity contribution in [2.24, 2.45) is 0 Å². The Hall–Kier alpha value is -0.450. The number of hydrogen-bond donors (Lipinski definition) is 0. The molecule has 1 heterocycles. The zero-order valence-electron chi connectivity index (χ0n) is 10.1. The van der Waals surface area contributed by atoms with Gasteiger partial charge in [-0.2, -0.15) is 0 Å². The van der Waals surface area contributed by atoms with E-state index in [0.717, 1.165) is 20.4 Å². The molecule has 98 valence electrons. The van der Waals surface area contributed by atoms with Crippen molar-refractivity contribution < 1.29 is 4.74 Å². The molecule has 1 aliphatic rings. The topological polar surface area (TPSA) is 9.23 Å². The van der Waals surface area contributed by atoms with Crippen LogP contribution in [0.5, 0.6) is 5.75 Å². The van der Waals surface area contributed by atoms with Gasteiger partial charge < -0.3 is 4.74 Å². The van der Waals surface area contributed by atoms with Crippen molar-refractivity contribution in [3.05, 3.63) is 57.0 Å². The van der Waals surface area contributed by atoms with Crippen molar-refractivity contribution in [3.8, 4) is 5.75 Å². The zero-order chi connectivity index (χ0) is 13.2. The molecular weight excluding hydrogens is 388 g/mol. The highest BCUT2D eigenvalue weighted by atomic mass is 79.9. The summed E-state index contributed by atoms with van der Waals surface area (Å²) in [6.45, 7) is 0.714. The summed E-state index contributed by atoms with van der Waals surface area (Å²) in [5.41, 5.74) is 1.41. The molecule has 0 radical (unpaired) electrons. The van der Waals surface area contributed by atoms with Crippen molar-refractivity contribution in [2.75, 3.05) is 12.4 Å². The van der Waals surface area contributed by atoms with E-state index >= 15 is 0 Å². The van der Waals surface area contributed by atoms with E-state index in [1.807, 2.05) is 30.0 Å². The van der Waals surface area contributed by atoms with Gasteiger partial charge in [0.05, 0.1) is 15.6 Å². The van der Waals surface area contributed by atoms with Crippen molar-refractivity contribution >= 4 is 43.6 Å². The van der Waals surface area contributed by atoms with Crippen LogP contribution in [0.1, 0.15) is 11.5 Å². The van der Waals surface area contributed by atoms with Gasteiger partial charge in [-0.15, -0.1) is 11.8 Å². The van der Waals surface area contributed by atoms with Gasteiger partial charge in [0.2, 0.25) is 0 Å². The van der Waals surface area contributed by atoms with Gasteiger partial charge in [0.1, 0.15) is 5.75 Å². The monoisotopic (exact) mass is 398 g/mol. The molecule has 0 spiro atoms. The summed E-state index contributed by atoms with van der Waals surface area (Å²) in [6, 6.07) is 14.6. The number of ether oxygens (including phenoxy) is 1. The minimum atomic E-state index is 0.472. The van der Waals surface area contributed by atoms with Crippen LogP contribution >= 0.6 is 43.6 Å². The van der Waals surface area contributed by atoms with Gasteiger partial charge in [-0.05, 0) is 55.6 Å². The lowest BCUT2D eigenvalue weighted by atomic mass is 10.0. The van der Waals surface area contributed by atoms with Crippen LogP contribution in [0.15, 0.2) is 56.3 Å². The highest BCUT2D eigenvalue weighted by Crippen LogP contribution is 2.40. The number of benzene rings is 2. The van der Waals surface area contributed by atoms with E-state index in [4.69, 9.17) is 4.74 Å². The Morgan fingerprint density at radius 3 is 2.58 bits per heavy atom. The minimum Gasteiger partial charge on any atom is -0.491 e. The van der Waals surface area contributed by atoms with E-state index in [1.165, 1.54) is 10.5 Å². The van der Waals surface area contributed by atoms with Crippen LogP contribution in [0.25, 0.3) is 0 Å². The quantitative estimate of drug-likeness (QED) is 0.675. The molecule has 1 unspecified atom stereocenters. The molecule has 2 aromatic rings. The van der Waals surface area contributed by atoms with Crippen molar-refractivity contribution in [3.63, 3.8) is 0 Å². The Morgan fingerprint density at radius 1 is 1.05 bits per heavy atom. The minimum absolute atomic E-state index is 0.472. The highest BCUT2D eigenvalue weighted by molar-refractivity contribution is 9.11. The summed E-state index contributed by atoms with van der Waals surface area (Å²) in [4.78, 5) is 1.39. The summed E-state index contributed by atoms with van der Waals surface area (Å²) in [6.07, 6.45) is 0. The number of rotatable bonds is 3. The summed E-state index contributed by atoms with van der Waals surface area (Å²) in [5.74, 6) is 2.46. The average Bonchev–Trinajstić information content (AvgIpc) is 2.82. The second-order valence-electron chi connectivity index (χ2n) is 4.41. The smallest absolute Gasteiger partial charge is 0.147 e. The van der Waals surface area contributed by atoms with Crippen LogP contribution in [0.2, 0.25) is 0 Å². The third kappa shape index (κ3) is 2.86. The van der Waals surface area contributed by atoms with Gasteiger partial charge in [0, 0.05) is 16.6 Å². The van der Waals surface area contributed by atoms with E-state index in [0.29, 0.717) is 12.5 Å². The summed E-state index contributed by atoms with van der Waals surface area (Å²) >= 11 is 8.97. The molecule has 0 amide bonds. The maximum atomic E-state index is 6.00. The van der Waals surface area contributed by atoms with Crippen LogP contribution in [0.3, 0.4) is 0 Å². The number of fused-ring (bicyclic) bond motifs is 1. The maximum absolute atomic E-state index is 6.00. The molecule has 0 fully saturated rings. The lowest BCUT2D eigenvalue weighted by Crippen LogP contribution is -2.10. The summed E-state index contributed by atoms with van der Waals surface area (Å²) in [7, 11) is 0. The van der Waals surface area contributed by atoms with E-state index < -0.39 is 0 Å². The van der Waals surface area contributed by atoms with Gasteiger partial charge in [0.15, 0.2) is 0 Å². The van der Waals surface area contributed by atoms with E-state index in [-0.39, 0.29) is 0 Å². The molecule has 1 aliphatic heterocycles. The first kappa shape index (κ1) is 13.5. The molecule has 0 N–H and O–H groups in total. The van der Waals surface area contributed by atoms with Crippen LogP contribution in [0.4, 0.5) is 0 Å². The third-order valence-electron chi connectivity index (χ3n) is 3.15. The lowest BCUT2D eigenvalue weighted by molar-refractivity contribution is 0.294. The molecule has 1 nitrogen and oxygen atoms in total. The van der Waals surface area contributed by atoms with Crippen molar-refractivity contribution in [1.29, 1.82) is 0 Å². The number of halogens is 2. The molecular formula is C15H12Br2OS. The van der Waals surface area contributed by atoms with E-state index in [1.54, 1.807) is 0 Å². The molecule has 3 rings (SSSR count). The van der Waals surface area contributed by atoms with Gasteiger partial charge in [-0.1, -0.05) is 24.3 Å². The Kier molecular flexibility index (Phi) is 4.20. The van der Waals surface area contributed by atoms with E-state index in [9.17, 15) is 0 Å². The fourth-order valence-electron chi connectivity index (χ4n) is 2.17. The van der Waals surface area contributed by atoms with E-state index in [2.05, 4.69) is 56.1 Å². The highest BCUT2D eigenvalue weighted by Gasteiger charge is 2.23. The first-order valence-corrected chi connectivity index (χ1v) is 8.61. The Labute approximate surface area is 134 Å². The van der Waals surface area contributed by atoms with Crippen LogP contribution in [-0.4, -0.2) is 12.4 Å². The average molecular weight is 400 g/mol. The molecule has 2 aromatic carbocycles. The molecule has 0 aliphatic carbocycles. The fraction of sp³-hybridized carbons (Fsp3) is 0.200. The normalized spacial score (nSPS) is 17.3. The number of para-hydroxylation sites is 1. The SMILES string of the molecule is Brc1cccc(Br)c1OCC1CSc2ccccc21. The molecule has 1 atom stereocenters. The summed E-state index contributed by atoms with van der Waals surface area (Å²) in [5, 5.41) is 0. The summed E-state index contributed by atoms with van der Waals surface area (Å²) < 4.78 is 7.97. The van der Waals surface area contributed by atoms with Gasteiger partial charge in [-0.25, -0.2) is 0 Å². The Balaban J connectivity index is 1.75. The van der Waals surface area contributed by atoms with Gasteiger partial charge in [0.25, 0.3) is 0 Å². The lowest BCUT2D eigenvalue weighted by Gasteiger charge is -2.14. The molecule has 4 heteroatoms. The number of hydrogen-bond acceptors (Lipinski definition) is 2. The molecule has 0 bridgehead atoms. The van der Waals surface area contributed by atoms with Crippen LogP contribution in [-0.2, 0) is 0 Å². The third-order valence-corrected chi connectivity index (χ3v) is 5.65. The predicted molar refractivity (Wildman–Crippen MR) is 87.2 cm³/mol. The van der Waals surface area contributed by atoms with Crippen molar-refractivity contribution in [1.82, 2.24) is 0 Å². The molecule has 19 heavy (non-hydrogen) atoms. The largest absolute Gasteiger partial charge is 0.491 e. The molecule has 0 saturated carbocycles. The second-order valence-corrected chi connectivity index (χ2v) is 7.18. The van der Waals surface area contributed by atoms with Crippen molar-refractivity contribution in [2.45, 2.75) is 10.8 Å². The standard InChI is InChI=1S/C15H12Br2OS/c16-12-5-3-6-13(17)15(12)18-8-10-9-19-14-7-2-1-4-11(10)14/h1-7,10H,8-9H2. The predicted octanol–water partition coefficient (Wildman–Crippen LogP) is 5.48. The van der Waals surface area contributed by atoms with Gasteiger partial charge in [-0.3, -0.25) is 0 Å². The first-order chi connectivity index (χ1) is 9.25.